The van der Waals surface area contributed by atoms with Gasteiger partial charge in [0.15, 0.2) is 0 Å². The second-order valence-electron chi connectivity index (χ2n) is 2.58. The van der Waals surface area contributed by atoms with Crippen LogP contribution in [0, 0.1) is 5.92 Å². The van der Waals surface area contributed by atoms with Gasteiger partial charge >= 0.3 is 0 Å². The Bertz CT molecular complexity index is 45.8. The molecule has 0 aliphatic rings. The van der Waals surface area contributed by atoms with Gasteiger partial charge in [-0.3, -0.25) is 0 Å². The number of rotatable bonds is 4. The Kier molecular flexibility index (Phi) is 6.56. The highest BCUT2D eigenvalue weighted by Gasteiger charge is 1.95. The van der Waals surface area contributed by atoms with Gasteiger partial charge in [0.25, 0.3) is 0 Å². The standard InChI is InChI=1S/C4H9.C2H4Cl.Al.H/c1-4(2)3;1-2-3;;/h4H,1H2,2-3H3;1-2H2;;. The fraction of sp³-hybridized carbons (Fsp3) is 1.00. The first kappa shape index (κ1) is 8.82. The number of alkyl halides is 1. The highest BCUT2D eigenvalue weighted by Crippen LogP contribution is 2.00. The molecule has 0 N–H and O–H groups in total. The smallest absolute Gasteiger partial charge is 0.128 e. The summed E-state index contributed by atoms with van der Waals surface area (Å²) in [4.78, 5) is 0. The van der Waals surface area contributed by atoms with Crippen molar-refractivity contribution in [1.82, 2.24) is 0 Å². The van der Waals surface area contributed by atoms with Crippen LogP contribution in [0.4, 0.5) is 0 Å². The molecule has 48 valence electrons. The van der Waals surface area contributed by atoms with Crippen molar-refractivity contribution in [3.05, 3.63) is 0 Å². The second kappa shape index (κ2) is 5.95. The van der Waals surface area contributed by atoms with Crippen LogP contribution in [0.5, 0.6) is 0 Å². The summed E-state index contributed by atoms with van der Waals surface area (Å²) < 4.78 is 0. The second-order valence-corrected chi connectivity index (χ2v) is 4.95. The van der Waals surface area contributed by atoms with Crippen molar-refractivity contribution in [2.45, 2.75) is 24.4 Å². The largest absolute Gasteiger partial charge is 0.239 e. The van der Waals surface area contributed by atoms with Gasteiger partial charge in [-0.15, -0.1) is 11.6 Å². The maximum Gasteiger partial charge on any atom is 0.239 e. The zero-order chi connectivity index (χ0) is 6.41. The van der Waals surface area contributed by atoms with E-state index >= 15 is 0 Å². The van der Waals surface area contributed by atoms with Crippen LogP contribution in [0.15, 0.2) is 0 Å². The van der Waals surface area contributed by atoms with Crippen molar-refractivity contribution in [3.63, 3.8) is 0 Å². The Morgan fingerprint density at radius 2 is 2.12 bits per heavy atom. The summed E-state index contributed by atoms with van der Waals surface area (Å²) in [5, 5.41) is 2.78. The number of halogens is 1. The summed E-state index contributed by atoms with van der Waals surface area (Å²) in [6.07, 6.45) is 0. The van der Waals surface area contributed by atoms with Gasteiger partial charge in [-0.25, -0.2) is 0 Å². The van der Waals surface area contributed by atoms with Gasteiger partial charge in [-0.2, -0.15) is 0 Å². The summed E-state index contributed by atoms with van der Waals surface area (Å²) in [7, 11) is 0. The molecule has 0 radical (unpaired) electrons. The van der Waals surface area contributed by atoms with Gasteiger partial charge in [0, 0.05) is 5.88 Å². The van der Waals surface area contributed by atoms with Crippen molar-refractivity contribution >= 4 is 26.8 Å². The highest BCUT2D eigenvalue weighted by atomic mass is 35.5. The van der Waals surface area contributed by atoms with Crippen molar-refractivity contribution in [2.24, 2.45) is 5.92 Å². The normalized spacial score (nSPS) is 10.0. The summed E-state index contributed by atoms with van der Waals surface area (Å²) in [6.45, 7) is 4.56. The fourth-order valence-electron chi connectivity index (χ4n) is 0.647. The molecule has 2 heteroatoms. The van der Waals surface area contributed by atoms with E-state index in [0.717, 1.165) is 11.8 Å². The molecule has 0 aromatic carbocycles. The zero-order valence-electron chi connectivity index (χ0n) is 5.78. The summed E-state index contributed by atoms with van der Waals surface area (Å²) in [6, 6.07) is 0. The molecular formula is C6H14AlCl. The van der Waals surface area contributed by atoms with E-state index in [1.54, 1.807) is 0 Å². The third-order valence-electron chi connectivity index (χ3n) is 1.17. The maximum absolute atomic E-state index is 5.52. The Morgan fingerprint density at radius 3 is 2.50 bits per heavy atom. The molecule has 0 atom stereocenters. The molecule has 0 aliphatic heterocycles. The van der Waals surface area contributed by atoms with Crippen molar-refractivity contribution < 1.29 is 0 Å². The summed E-state index contributed by atoms with van der Waals surface area (Å²) >= 11 is 5.75. The average molecular weight is 149 g/mol. The minimum Gasteiger partial charge on any atom is -0.128 e. The van der Waals surface area contributed by atoms with Crippen LogP contribution >= 0.6 is 11.6 Å². The fourth-order valence-corrected chi connectivity index (χ4v) is 2.51. The molecule has 8 heavy (non-hydrogen) atoms. The third-order valence-corrected chi connectivity index (χ3v) is 4.30. The van der Waals surface area contributed by atoms with E-state index in [2.05, 4.69) is 13.8 Å². The summed E-state index contributed by atoms with van der Waals surface area (Å²) in [5.41, 5.74) is 0. The zero-order valence-corrected chi connectivity index (χ0v) is 7.95. The SMILES string of the molecule is CC(C)[CH2][AlH][CH2]CCl. The molecule has 0 saturated heterocycles. The topological polar surface area (TPSA) is 0 Å². The van der Waals surface area contributed by atoms with E-state index in [-0.39, 0.29) is 15.2 Å². The number of hydrogen-bond donors (Lipinski definition) is 0. The van der Waals surface area contributed by atoms with Crippen LogP contribution in [0.25, 0.3) is 0 Å². The Labute approximate surface area is 63.3 Å². The first-order valence-electron chi connectivity index (χ1n) is 3.33. The molecule has 0 fully saturated rings. The van der Waals surface area contributed by atoms with Crippen molar-refractivity contribution in [1.29, 1.82) is 0 Å². The first-order valence-corrected chi connectivity index (χ1v) is 5.86. The van der Waals surface area contributed by atoms with Crippen LogP contribution in [0.3, 0.4) is 0 Å². The highest BCUT2D eigenvalue weighted by molar-refractivity contribution is 6.37. The van der Waals surface area contributed by atoms with Gasteiger partial charge < -0.3 is 0 Å². The van der Waals surface area contributed by atoms with Crippen LogP contribution in [0.1, 0.15) is 13.8 Å². The monoisotopic (exact) mass is 148 g/mol. The maximum atomic E-state index is 5.52. The molecule has 0 spiro atoms. The van der Waals surface area contributed by atoms with E-state index in [4.69, 9.17) is 11.6 Å². The Hall–Kier alpha value is 0.822. The van der Waals surface area contributed by atoms with Gasteiger partial charge in [0.05, 0.1) is 0 Å². The first-order chi connectivity index (χ1) is 3.77. The van der Waals surface area contributed by atoms with Crippen molar-refractivity contribution in [3.8, 4) is 0 Å². The lowest BCUT2D eigenvalue weighted by atomic mass is 10.3. The van der Waals surface area contributed by atoms with Gasteiger partial charge in [-0.1, -0.05) is 30.3 Å². The van der Waals surface area contributed by atoms with E-state index in [9.17, 15) is 0 Å². The predicted octanol–water partition coefficient (Wildman–Crippen LogP) is 2.15. The molecule has 0 rings (SSSR count). The molecular weight excluding hydrogens is 135 g/mol. The molecule has 0 amide bonds. The van der Waals surface area contributed by atoms with Crippen molar-refractivity contribution in [2.75, 3.05) is 5.88 Å². The predicted molar refractivity (Wildman–Crippen MR) is 42.3 cm³/mol. The molecule has 0 unspecified atom stereocenters. The van der Waals surface area contributed by atoms with E-state index < -0.39 is 0 Å². The van der Waals surface area contributed by atoms with Gasteiger partial charge in [0.1, 0.15) is 0 Å². The minimum absolute atomic E-state index is 0.232. The number of hydrogen-bond acceptors (Lipinski definition) is 0. The average Bonchev–Trinajstić information content (AvgIpc) is 1.66. The quantitative estimate of drug-likeness (QED) is 0.326. The molecule has 0 nitrogen and oxygen atoms in total. The molecule has 0 aromatic heterocycles. The Balaban J connectivity index is 2.72. The van der Waals surface area contributed by atoms with Crippen LogP contribution in [-0.2, 0) is 0 Å². The summed E-state index contributed by atoms with van der Waals surface area (Å²) in [5.74, 6) is 1.80. The van der Waals surface area contributed by atoms with E-state index in [1.165, 1.54) is 10.6 Å². The minimum atomic E-state index is 0.232. The third kappa shape index (κ3) is 6.82. The lowest BCUT2D eigenvalue weighted by molar-refractivity contribution is 0.730. The molecule has 0 aliphatic carbocycles. The molecule has 0 bridgehead atoms. The lowest BCUT2D eigenvalue weighted by Crippen LogP contribution is -1.95. The van der Waals surface area contributed by atoms with Crippen LogP contribution in [-0.4, -0.2) is 21.1 Å². The van der Waals surface area contributed by atoms with Gasteiger partial charge in [0.2, 0.25) is 15.2 Å². The van der Waals surface area contributed by atoms with E-state index in [1.807, 2.05) is 0 Å². The van der Waals surface area contributed by atoms with Gasteiger partial charge in [-0.05, 0) is 0 Å². The lowest BCUT2D eigenvalue weighted by Gasteiger charge is -1.97. The molecule has 0 aromatic rings. The van der Waals surface area contributed by atoms with Crippen LogP contribution < -0.4 is 0 Å². The Morgan fingerprint density at radius 1 is 1.50 bits per heavy atom. The molecule has 0 heterocycles. The molecule has 0 saturated carbocycles. The van der Waals surface area contributed by atoms with E-state index in [0.29, 0.717) is 0 Å². The van der Waals surface area contributed by atoms with Crippen LogP contribution in [0.2, 0.25) is 10.6 Å².